The van der Waals surface area contributed by atoms with Gasteiger partial charge in [-0.1, -0.05) is 34.1 Å². The van der Waals surface area contributed by atoms with Crippen molar-refractivity contribution in [1.82, 2.24) is 0 Å². The fraction of sp³-hybridized carbons (Fsp3) is 0.333. The molecule has 1 atom stereocenters. The first-order chi connectivity index (χ1) is 10.2. The molecule has 0 spiro atoms. The van der Waals surface area contributed by atoms with Gasteiger partial charge in [0.15, 0.2) is 0 Å². The molecule has 3 heteroatoms. The predicted octanol–water partition coefficient (Wildman–Crippen LogP) is 5.22. The Labute approximate surface area is 135 Å². The van der Waals surface area contributed by atoms with Gasteiger partial charge < -0.3 is 10.2 Å². The summed E-state index contributed by atoms with van der Waals surface area (Å²) in [5, 5.41) is 3.57. The van der Waals surface area contributed by atoms with E-state index in [4.69, 9.17) is 0 Å². The van der Waals surface area contributed by atoms with E-state index in [0.717, 1.165) is 4.47 Å². The standard InChI is InChI=1S/C18H21BrN2/c1-14(17-6-2-3-7-18(17)19)20-15-8-10-16(11-9-15)21-12-4-5-13-21/h2-3,6-11,14,20H,4-5,12-13H2,1H3. The largest absolute Gasteiger partial charge is 0.378 e. The van der Waals surface area contributed by atoms with Gasteiger partial charge in [0.1, 0.15) is 0 Å². The average molecular weight is 345 g/mol. The molecule has 0 aromatic heterocycles. The van der Waals surface area contributed by atoms with E-state index in [1.165, 1.54) is 42.9 Å². The number of hydrogen-bond donors (Lipinski definition) is 1. The highest BCUT2D eigenvalue weighted by Crippen LogP contribution is 2.27. The minimum Gasteiger partial charge on any atom is -0.378 e. The molecule has 3 rings (SSSR count). The third kappa shape index (κ3) is 3.41. The van der Waals surface area contributed by atoms with Gasteiger partial charge >= 0.3 is 0 Å². The average Bonchev–Trinajstić information content (AvgIpc) is 3.02. The maximum absolute atomic E-state index is 3.62. The Balaban J connectivity index is 1.69. The smallest absolute Gasteiger partial charge is 0.0496 e. The van der Waals surface area contributed by atoms with Crippen LogP contribution in [0.2, 0.25) is 0 Å². The van der Waals surface area contributed by atoms with Crippen molar-refractivity contribution in [3.05, 3.63) is 58.6 Å². The summed E-state index contributed by atoms with van der Waals surface area (Å²) in [7, 11) is 0. The Kier molecular flexibility index (Phi) is 4.49. The Bertz CT molecular complexity index is 588. The fourth-order valence-electron chi connectivity index (χ4n) is 2.90. The third-order valence-corrected chi connectivity index (χ3v) is 4.82. The van der Waals surface area contributed by atoms with E-state index in [1.807, 2.05) is 6.07 Å². The molecule has 1 heterocycles. The first-order valence-electron chi connectivity index (χ1n) is 7.60. The Hall–Kier alpha value is -1.48. The summed E-state index contributed by atoms with van der Waals surface area (Å²) < 4.78 is 1.15. The van der Waals surface area contributed by atoms with Crippen molar-refractivity contribution in [2.45, 2.75) is 25.8 Å². The Morgan fingerprint density at radius 2 is 1.67 bits per heavy atom. The molecule has 1 aliphatic heterocycles. The van der Waals surface area contributed by atoms with E-state index in [-0.39, 0.29) is 6.04 Å². The van der Waals surface area contributed by atoms with Crippen molar-refractivity contribution in [1.29, 1.82) is 0 Å². The van der Waals surface area contributed by atoms with E-state index < -0.39 is 0 Å². The molecule has 0 saturated carbocycles. The second-order valence-electron chi connectivity index (χ2n) is 5.63. The molecule has 21 heavy (non-hydrogen) atoms. The molecule has 0 amide bonds. The van der Waals surface area contributed by atoms with Crippen LogP contribution in [0.3, 0.4) is 0 Å². The highest BCUT2D eigenvalue weighted by atomic mass is 79.9. The first kappa shape index (κ1) is 14.5. The molecule has 0 bridgehead atoms. The number of benzene rings is 2. The number of nitrogens with one attached hydrogen (secondary N) is 1. The summed E-state index contributed by atoms with van der Waals surface area (Å²) >= 11 is 3.62. The SMILES string of the molecule is CC(Nc1ccc(N2CCCC2)cc1)c1ccccc1Br. The van der Waals surface area contributed by atoms with E-state index >= 15 is 0 Å². The van der Waals surface area contributed by atoms with Crippen molar-refractivity contribution in [3.63, 3.8) is 0 Å². The Morgan fingerprint density at radius 3 is 2.33 bits per heavy atom. The van der Waals surface area contributed by atoms with Crippen LogP contribution in [-0.2, 0) is 0 Å². The normalized spacial score (nSPS) is 16.0. The highest BCUT2D eigenvalue weighted by molar-refractivity contribution is 9.10. The summed E-state index contributed by atoms with van der Waals surface area (Å²) in [6.07, 6.45) is 2.64. The number of rotatable bonds is 4. The minimum absolute atomic E-state index is 0.276. The van der Waals surface area contributed by atoms with Crippen LogP contribution in [0.5, 0.6) is 0 Å². The van der Waals surface area contributed by atoms with Gasteiger partial charge in [-0.05, 0) is 55.7 Å². The van der Waals surface area contributed by atoms with Gasteiger partial charge in [-0.3, -0.25) is 0 Å². The van der Waals surface area contributed by atoms with Crippen LogP contribution in [0.1, 0.15) is 31.4 Å². The van der Waals surface area contributed by atoms with Crippen LogP contribution in [-0.4, -0.2) is 13.1 Å². The van der Waals surface area contributed by atoms with E-state index in [0.29, 0.717) is 0 Å². The lowest BCUT2D eigenvalue weighted by atomic mass is 10.1. The van der Waals surface area contributed by atoms with Crippen LogP contribution in [0.25, 0.3) is 0 Å². The third-order valence-electron chi connectivity index (χ3n) is 4.09. The van der Waals surface area contributed by atoms with Gasteiger partial charge in [-0.2, -0.15) is 0 Å². The van der Waals surface area contributed by atoms with E-state index in [9.17, 15) is 0 Å². The molecule has 110 valence electrons. The molecule has 1 unspecified atom stereocenters. The zero-order chi connectivity index (χ0) is 14.7. The van der Waals surface area contributed by atoms with Crippen molar-refractivity contribution >= 4 is 27.3 Å². The van der Waals surface area contributed by atoms with E-state index in [2.05, 4.69) is 75.5 Å². The lowest BCUT2D eigenvalue weighted by Gasteiger charge is -2.20. The summed E-state index contributed by atoms with van der Waals surface area (Å²) in [6.45, 7) is 4.58. The molecule has 1 N–H and O–H groups in total. The Morgan fingerprint density at radius 1 is 1.00 bits per heavy atom. The molecular formula is C18H21BrN2. The van der Waals surface area contributed by atoms with Crippen LogP contribution in [0.4, 0.5) is 11.4 Å². The van der Waals surface area contributed by atoms with Crippen LogP contribution in [0, 0.1) is 0 Å². The number of hydrogen-bond acceptors (Lipinski definition) is 2. The summed E-state index contributed by atoms with van der Waals surface area (Å²) in [6, 6.07) is 17.4. The molecule has 0 aliphatic carbocycles. The molecule has 2 nitrogen and oxygen atoms in total. The van der Waals surface area contributed by atoms with Crippen molar-refractivity contribution in [2.75, 3.05) is 23.3 Å². The lowest BCUT2D eigenvalue weighted by Crippen LogP contribution is -2.17. The zero-order valence-electron chi connectivity index (χ0n) is 12.3. The van der Waals surface area contributed by atoms with Gasteiger partial charge in [0, 0.05) is 35.0 Å². The summed E-state index contributed by atoms with van der Waals surface area (Å²) in [5.41, 5.74) is 3.79. The number of anilines is 2. The topological polar surface area (TPSA) is 15.3 Å². The quantitative estimate of drug-likeness (QED) is 0.817. The molecule has 1 fully saturated rings. The van der Waals surface area contributed by atoms with Gasteiger partial charge in [0.25, 0.3) is 0 Å². The van der Waals surface area contributed by atoms with Crippen molar-refractivity contribution in [2.24, 2.45) is 0 Å². The van der Waals surface area contributed by atoms with Gasteiger partial charge in [0.2, 0.25) is 0 Å². The second-order valence-corrected chi connectivity index (χ2v) is 6.48. The van der Waals surface area contributed by atoms with Gasteiger partial charge in [0.05, 0.1) is 0 Å². The number of halogens is 1. The molecule has 0 radical (unpaired) electrons. The van der Waals surface area contributed by atoms with Crippen LogP contribution in [0.15, 0.2) is 53.0 Å². The zero-order valence-corrected chi connectivity index (χ0v) is 13.9. The molecule has 2 aromatic rings. The van der Waals surface area contributed by atoms with E-state index in [1.54, 1.807) is 0 Å². The predicted molar refractivity (Wildman–Crippen MR) is 94.1 cm³/mol. The fourth-order valence-corrected chi connectivity index (χ4v) is 3.53. The molecule has 1 saturated heterocycles. The monoisotopic (exact) mass is 344 g/mol. The molecular weight excluding hydrogens is 324 g/mol. The van der Waals surface area contributed by atoms with Gasteiger partial charge in [-0.15, -0.1) is 0 Å². The lowest BCUT2D eigenvalue weighted by molar-refractivity contribution is 0.878. The second kappa shape index (κ2) is 6.52. The van der Waals surface area contributed by atoms with Crippen molar-refractivity contribution in [3.8, 4) is 0 Å². The summed E-state index contributed by atoms with van der Waals surface area (Å²) in [4.78, 5) is 2.46. The molecule has 2 aromatic carbocycles. The van der Waals surface area contributed by atoms with Crippen LogP contribution >= 0.6 is 15.9 Å². The van der Waals surface area contributed by atoms with Crippen LogP contribution < -0.4 is 10.2 Å². The maximum atomic E-state index is 3.62. The van der Waals surface area contributed by atoms with Crippen molar-refractivity contribution < 1.29 is 0 Å². The first-order valence-corrected chi connectivity index (χ1v) is 8.39. The number of nitrogens with zero attached hydrogens (tertiary/aromatic N) is 1. The molecule has 1 aliphatic rings. The maximum Gasteiger partial charge on any atom is 0.0496 e. The van der Waals surface area contributed by atoms with Gasteiger partial charge in [-0.25, -0.2) is 0 Å². The highest BCUT2D eigenvalue weighted by Gasteiger charge is 2.12. The minimum atomic E-state index is 0.276. The summed E-state index contributed by atoms with van der Waals surface area (Å²) in [5.74, 6) is 0.